The average Bonchev–Trinajstić information content (AvgIpc) is 2.44. The fraction of sp³-hybridized carbons (Fsp3) is 0.923. The Labute approximate surface area is 99.4 Å². The quantitative estimate of drug-likeness (QED) is 0.797. The van der Waals surface area contributed by atoms with Crippen LogP contribution >= 0.6 is 0 Å². The summed E-state index contributed by atoms with van der Waals surface area (Å²) in [6.45, 7) is 8.70. The van der Waals surface area contributed by atoms with Gasteiger partial charge in [0.05, 0.1) is 6.04 Å². The molecule has 1 fully saturated rings. The van der Waals surface area contributed by atoms with Gasteiger partial charge in [0.15, 0.2) is 0 Å². The molecule has 1 aliphatic rings. The maximum Gasteiger partial charge on any atom is 0.234 e. The molecule has 2 N–H and O–H groups in total. The lowest BCUT2D eigenvalue weighted by Crippen LogP contribution is -2.44. The molecule has 0 aliphatic carbocycles. The summed E-state index contributed by atoms with van der Waals surface area (Å²) in [5.41, 5.74) is 5.44. The van der Waals surface area contributed by atoms with E-state index in [0.29, 0.717) is 0 Å². The van der Waals surface area contributed by atoms with Gasteiger partial charge in [-0.05, 0) is 50.6 Å². The zero-order valence-corrected chi connectivity index (χ0v) is 10.9. The SMILES string of the molecule is CCC(C(N)=O)N1CCCC(C(C)C)CC1. The van der Waals surface area contributed by atoms with E-state index in [1.807, 2.05) is 6.92 Å². The Kier molecular flexibility index (Phi) is 5.26. The van der Waals surface area contributed by atoms with Crippen molar-refractivity contribution >= 4 is 5.91 Å². The highest BCUT2D eigenvalue weighted by Gasteiger charge is 2.26. The Balaban J connectivity index is 2.55. The van der Waals surface area contributed by atoms with Crippen molar-refractivity contribution in [2.24, 2.45) is 17.6 Å². The number of carbonyl (C=O) groups is 1. The van der Waals surface area contributed by atoms with Crippen LogP contribution in [0.1, 0.15) is 46.5 Å². The fourth-order valence-electron chi connectivity index (χ4n) is 2.76. The predicted molar refractivity (Wildman–Crippen MR) is 67.0 cm³/mol. The molecule has 1 aliphatic heterocycles. The first-order chi connectivity index (χ1) is 7.56. The van der Waals surface area contributed by atoms with Gasteiger partial charge in [-0.2, -0.15) is 0 Å². The third-order valence-corrected chi connectivity index (χ3v) is 3.91. The maximum atomic E-state index is 11.3. The van der Waals surface area contributed by atoms with Crippen molar-refractivity contribution in [3.8, 4) is 0 Å². The molecule has 1 rings (SSSR count). The molecule has 0 saturated carbocycles. The minimum atomic E-state index is -0.162. The third-order valence-electron chi connectivity index (χ3n) is 3.91. The number of hydrogen-bond acceptors (Lipinski definition) is 2. The second-order valence-electron chi connectivity index (χ2n) is 5.30. The number of carbonyl (C=O) groups excluding carboxylic acids is 1. The summed E-state index contributed by atoms with van der Waals surface area (Å²) >= 11 is 0. The molecule has 1 saturated heterocycles. The Morgan fingerprint density at radius 3 is 2.56 bits per heavy atom. The van der Waals surface area contributed by atoms with E-state index in [0.717, 1.165) is 31.3 Å². The fourth-order valence-corrected chi connectivity index (χ4v) is 2.76. The van der Waals surface area contributed by atoms with E-state index in [1.165, 1.54) is 19.3 Å². The van der Waals surface area contributed by atoms with Gasteiger partial charge in [-0.15, -0.1) is 0 Å². The minimum absolute atomic E-state index is 0.0501. The number of likely N-dealkylation sites (tertiary alicyclic amines) is 1. The first-order valence-corrected chi connectivity index (χ1v) is 6.59. The standard InChI is InChI=1S/C13H26N2O/c1-4-12(13(14)16)15-8-5-6-11(7-9-15)10(2)3/h10-12H,4-9H2,1-3H3,(H2,14,16). The topological polar surface area (TPSA) is 46.3 Å². The molecule has 0 aromatic carbocycles. The number of nitrogens with zero attached hydrogens (tertiary/aromatic N) is 1. The van der Waals surface area contributed by atoms with Gasteiger partial charge in [-0.25, -0.2) is 0 Å². The van der Waals surface area contributed by atoms with Gasteiger partial charge in [0, 0.05) is 0 Å². The molecule has 2 atom stereocenters. The lowest BCUT2D eigenvalue weighted by Gasteiger charge is -2.27. The van der Waals surface area contributed by atoms with Gasteiger partial charge < -0.3 is 5.73 Å². The largest absolute Gasteiger partial charge is 0.368 e. The number of amides is 1. The molecule has 0 radical (unpaired) electrons. The van der Waals surface area contributed by atoms with Crippen LogP contribution in [-0.2, 0) is 4.79 Å². The van der Waals surface area contributed by atoms with E-state index >= 15 is 0 Å². The molecule has 3 nitrogen and oxygen atoms in total. The van der Waals surface area contributed by atoms with Crippen LogP contribution in [0.25, 0.3) is 0 Å². The Bertz CT molecular complexity index is 228. The second kappa shape index (κ2) is 6.24. The summed E-state index contributed by atoms with van der Waals surface area (Å²) in [7, 11) is 0. The summed E-state index contributed by atoms with van der Waals surface area (Å²) < 4.78 is 0. The van der Waals surface area contributed by atoms with Crippen molar-refractivity contribution in [2.75, 3.05) is 13.1 Å². The van der Waals surface area contributed by atoms with Gasteiger partial charge in [-0.1, -0.05) is 20.8 Å². The maximum absolute atomic E-state index is 11.3. The summed E-state index contributed by atoms with van der Waals surface area (Å²) in [6.07, 6.45) is 4.54. The number of hydrogen-bond donors (Lipinski definition) is 1. The van der Waals surface area contributed by atoms with Crippen molar-refractivity contribution in [1.82, 2.24) is 4.90 Å². The van der Waals surface area contributed by atoms with E-state index in [4.69, 9.17) is 5.73 Å². The lowest BCUT2D eigenvalue weighted by atomic mass is 9.89. The highest BCUT2D eigenvalue weighted by atomic mass is 16.1. The van der Waals surface area contributed by atoms with E-state index in [9.17, 15) is 4.79 Å². The molecule has 0 bridgehead atoms. The first-order valence-electron chi connectivity index (χ1n) is 6.59. The molecule has 1 amide bonds. The van der Waals surface area contributed by atoms with Crippen LogP contribution < -0.4 is 5.73 Å². The molecule has 94 valence electrons. The number of nitrogens with two attached hydrogens (primary N) is 1. The van der Waals surface area contributed by atoms with Crippen LogP contribution in [0.3, 0.4) is 0 Å². The van der Waals surface area contributed by atoms with Crippen LogP contribution in [-0.4, -0.2) is 29.9 Å². The molecule has 0 aromatic heterocycles. The van der Waals surface area contributed by atoms with Gasteiger partial charge in [-0.3, -0.25) is 9.69 Å². The monoisotopic (exact) mass is 226 g/mol. The average molecular weight is 226 g/mol. The number of rotatable bonds is 4. The molecule has 3 heteroatoms. The summed E-state index contributed by atoms with van der Waals surface area (Å²) in [6, 6.07) is -0.0501. The molecule has 0 spiro atoms. The van der Waals surface area contributed by atoms with E-state index < -0.39 is 0 Å². The van der Waals surface area contributed by atoms with E-state index in [1.54, 1.807) is 0 Å². The summed E-state index contributed by atoms with van der Waals surface area (Å²) in [5, 5.41) is 0. The van der Waals surface area contributed by atoms with Crippen molar-refractivity contribution < 1.29 is 4.79 Å². The van der Waals surface area contributed by atoms with Gasteiger partial charge in [0.1, 0.15) is 0 Å². The smallest absolute Gasteiger partial charge is 0.234 e. The van der Waals surface area contributed by atoms with E-state index in [2.05, 4.69) is 18.7 Å². The van der Waals surface area contributed by atoms with E-state index in [-0.39, 0.29) is 11.9 Å². The molecular weight excluding hydrogens is 200 g/mol. The van der Waals surface area contributed by atoms with Gasteiger partial charge >= 0.3 is 0 Å². The molecule has 2 unspecified atom stereocenters. The Morgan fingerprint density at radius 2 is 2.06 bits per heavy atom. The van der Waals surface area contributed by atoms with Crippen LogP contribution in [0.4, 0.5) is 0 Å². The highest BCUT2D eigenvalue weighted by Crippen LogP contribution is 2.25. The predicted octanol–water partition coefficient (Wildman–Crippen LogP) is 2.01. The van der Waals surface area contributed by atoms with Crippen LogP contribution in [0.5, 0.6) is 0 Å². The first kappa shape index (κ1) is 13.5. The van der Waals surface area contributed by atoms with Crippen molar-refractivity contribution in [2.45, 2.75) is 52.5 Å². The summed E-state index contributed by atoms with van der Waals surface area (Å²) in [4.78, 5) is 13.6. The lowest BCUT2D eigenvalue weighted by molar-refractivity contribution is -0.123. The third kappa shape index (κ3) is 3.48. The van der Waals surface area contributed by atoms with Crippen molar-refractivity contribution in [3.05, 3.63) is 0 Å². The minimum Gasteiger partial charge on any atom is -0.368 e. The van der Waals surface area contributed by atoms with Gasteiger partial charge in [0.2, 0.25) is 5.91 Å². The van der Waals surface area contributed by atoms with Gasteiger partial charge in [0.25, 0.3) is 0 Å². The second-order valence-corrected chi connectivity index (χ2v) is 5.30. The Hall–Kier alpha value is -0.570. The highest BCUT2D eigenvalue weighted by molar-refractivity contribution is 5.79. The zero-order chi connectivity index (χ0) is 12.1. The van der Waals surface area contributed by atoms with Crippen molar-refractivity contribution in [1.29, 1.82) is 0 Å². The summed E-state index contributed by atoms with van der Waals surface area (Å²) in [5.74, 6) is 1.41. The number of primary amides is 1. The molecule has 1 heterocycles. The van der Waals surface area contributed by atoms with Crippen LogP contribution in [0, 0.1) is 11.8 Å². The molecule has 0 aromatic rings. The van der Waals surface area contributed by atoms with Crippen LogP contribution in [0.2, 0.25) is 0 Å². The normalized spacial score (nSPS) is 25.4. The van der Waals surface area contributed by atoms with Crippen LogP contribution in [0.15, 0.2) is 0 Å². The molecule has 16 heavy (non-hydrogen) atoms. The Morgan fingerprint density at radius 1 is 1.38 bits per heavy atom. The van der Waals surface area contributed by atoms with Crippen molar-refractivity contribution in [3.63, 3.8) is 0 Å². The molecular formula is C13H26N2O. The zero-order valence-electron chi connectivity index (χ0n) is 10.9.